The maximum Gasteiger partial charge on any atom is 0.175 e. The van der Waals surface area contributed by atoms with E-state index in [1.54, 1.807) is 18.2 Å². The Morgan fingerprint density at radius 2 is 1.95 bits per heavy atom. The van der Waals surface area contributed by atoms with Crippen LogP contribution in [0.3, 0.4) is 0 Å². The van der Waals surface area contributed by atoms with Crippen LogP contribution >= 0.6 is 0 Å². The molecule has 0 atom stereocenters. The standard InChI is InChI=1S/C15H16FNO3S/c1-21(18,19)13-4-2-3-12(10-13)20-15-6-5-11(7-8-17)9-14(15)16/h2-6,9-10H,7-8,17H2,1H3. The van der Waals surface area contributed by atoms with Gasteiger partial charge in [0.2, 0.25) is 0 Å². The largest absolute Gasteiger partial charge is 0.454 e. The summed E-state index contributed by atoms with van der Waals surface area (Å²) < 4.78 is 42.3. The fourth-order valence-electron chi connectivity index (χ4n) is 1.84. The quantitative estimate of drug-likeness (QED) is 0.921. The summed E-state index contributed by atoms with van der Waals surface area (Å²) in [6.07, 6.45) is 1.69. The van der Waals surface area contributed by atoms with Crippen LogP contribution in [0.5, 0.6) is 11.5 Å². The van der Waals surface area contributed by atoms with E-state index in [1.807, 2.05) is 0 Å². The molecule has 0 radical (unpaired) electrons. The van der Waals surface area contributed by atoms with E-state index in [9.17, 15) is 12.8 Å². The summed E-state index contributed by atoms with van der Waals surface area (Å²) in [7, 11) is -3.33. The number of rotatable bonds is 5. The second kappa shape index (κ2) is 6.24. The molecule has 0 aliphatic heterocycles. The van der Waals surface area contributed by atoms with Gasteiger partial charge in [-0.05, 0) is 48.9 Å². The summed E-state index contributed by atoms with van der Waals surface area (Å²) in [4.78, 5) is 0.125. The van der Waals surface area contributed by atoms with Crippen molar-refractivity contribution in [3.05, 3.63) is 53.8 Å². The van der Waals surface area contributed by atoms with Crippen LogP contribution in [-0.2, 0) is 16.3 Å². The fourth-order valence-corrected chi connectivity index (χ4v) is 2.50. The van der Waals surface area contributed by atoms with Gasteiger partial charge in [0.15, 0.2) is 21.4 Å². The minimum absolute atomic E-state index is 0.0430. The van der Waals surface area contributed by atoms with Gasteiger partial charge in [-0.2, -0.15) is 0 Å². The number of nitrogens with two attached hydrogens (primary N) is 1. The van der Waals surface area contributed by atoms with Crippen molar-refractivity contribution >= 4 is 9.84 Å². The highest BCUT2D eigenvalue weighted by atomic mass is 32.2. The summed E-state index contributed by atoms with van der Waals surface area (Å²) in [5, 5.41) is 0. The third kappa shape index (κ3) is 4.03. The molecule has 112 valence electrons. The van der Waals surface area contributed by atoms with E-state index in [4.69, 9.17) is 10.5 Å². The van der Waals surface area contributed by atoms with Crippen LogP contribution < -0.4 is 10.5 Å². The molecular formula is C15H16FNO3S. The Bertz CT molecular complexity index is 744. The number of ether oxygens (including phenoxy) is 1. The molecule has 2 aromatic carbocycles. The molecule has 21 heavy (non-hydrogen) atoms. The van der Waals surface area contributed by atoms with Gasteiger partial charge in [0.25, 0.3) is 0 Å². The molecule has 4 nitrogen and oxygen atoms in total. The third-order valence-electron chi connectivity index (χ3n) is 2.89. The summed E-state index contributed by atoms with van der Waals surface area (Å²) in [6.45, 7) is 0.441. The van der Waals surface area contributed by atoms with Crippen molar-refractivity contribution in [2.45, 2.75) is 11.3 Å². The molecule has 0 saturated carbocycles. The Hall–Kier alpha value is -1.92. The SMILES string of the molecule is CS(=O)(=O)c1cccc(Oc2ccc(CCN)cc2F)c1. The molecule has 2 aromatic rings. The molecule has 0 aromatic heterocycles. The molecule has 0 bridgehead atoms. The van der Waals surface area contributed by atoms with E-state index in [0.29, 0.717) is 13.0 Å². The van der Waals surface area contributed by atoms with Gasteiger partial charge in [-0.3, -0.25) is 0 Å². The second-order valence-electron chi connectivity index (χ2n) is 4.65. The lowest BCUT2D eigenvalue weighted by atomic mass is 10.1. The van der Waals surface area contributed by atoms with E-state index in [1.165, 1.54) is 24.3 Å². The highest BCUT2D eigenvalue weighted by Crippen LogP contribution is 2.27. The van der Waals surface area contributed by atoms with Crippen molar-refractivity contribution < 1.29 is 17.5 Å². The molecule has 0 fully saturated rings. The maximum atomic E-state index is 13.9. The van der Waals surface area contributed by atoms with E-state index in [-0.39, 0.29) is 16.4 Å². The van der Waals surface area contributed by atoms with Gasteiger partial charge in [-0.1, -0.05) is 12.1 Å². The highest BCUT2D eigenvalue weighted by Gasteiger charge is 2.10. The first kappa shape index (κ1) is 15.5. The van der Waals surface area contributed by atoms with Crippen LogP contribution in [0.2, 0.25) is 0 Å². The van der Waals surface area contributed by atoms with E-state index in [2.05, 4.69) is 0 Å². The minimum Gasteiger partial charge on any atom is -0.454 e. The molecule has 0 aliphatic rings. The first-order valence-electron chi connectivity index (χ1n) is 6.36. The summed E-state index contributed by atoms with van der Waals surface area (Å²) >= 11 is 0. The number of hydrogen-bond acceptors (Lipinski definition) is 4. The first-order chi connectivity index (χ1) is 9.90. The van der Waals surface area contributed by atoms with Crippen molar-refractivity contribution in [3.63, 3.8) is 0 Å². The Morgan fingerprint density at radius 3 is 2.57 bits per heavy atom. The van der Waals surface area contributed by atoms with Crippen LogP contribution in [0.25, 0.3) is 0 Å². The van der Waals surface area contributed by atoms with Crippen molar-refractivity contribution in [1.29, 1.82) is 0 Å². The lowest BCUT2D eigenvalue weighted by Crippen LogP contribution is -2.03. The zero-order valence-corrected chi connectivity index (χ0v) is 12.4. The van der Waals surface area contributed by atoms with E-state index < -0.39 is 15.7 Å². The lowest BCUT2D eigenvalue weighted by Gasteiger charge is -2.09. The van der Waals surface area contributed by atoms with E-state index in [0.717, 1.165) is 11.8 Å². The molecule has 2 N–H and O–H groups in total. The van der Waals surface area contributed by atoms with Gasteiger partial charge >= 0.3 is 0 Å². The van der Waals surface area contributed by atoms with Crippen molar-refractivity contribution in [2.75, 3.05) is 12.8 Å². The van der Waals surface area contributed by atoms with Gasteiger partial charge in [-0.25, -0.2) is 12.8 Å². The Kier molecular flexibility index (Phi) is 4.59. The van der Waals surface area contributed by atoms with Crippen LogP contribution in [0.4, 0.5) is 4.39 Å². The summed E-state index contributed by atoms with van der Waals surface area (Å²) in [6, 6.07) is 10.5. The molecule has 0 spiro atoms. The van der Waals surface area contributed by atoms with Gasteiger partial charge in [-0.15, -0.1) is 0 Å². The predicted molar refractivity (Wildman–Crippen MR) is 78.8 cm³/mol. The van der Waals surface area contributed by atoms with Crippen molar-refractivity contribution in [2.24, 2.45) is 5.73 Å². The normalized spacial score (nSPS) is 11.4. The van der Waals surface area contributed by atoms with Crippen LogP contribution in [-0.4, -0.2) is 21.2 Å². The average Bonchev–Trinajstić information content (AvgIpc) is 2.42. The summed E-state index contributed by atoms with van der Waals surface area (Å²) in [5.74, 6) is -0.199. The summed E-state index contributed by atoms with van der Waals surface area (Å²) in [5.41, 5.74) is 6.20. The van der Waals surface area contributed by atoms with E-state index >= 15 is 0 Å². The van der Waals surface area contributed by atoms with Crippen LogP contribution in [0, 0.1) is 5.82 Å². The molecule has 0 aliphatic carbocycles. The molecule has 0 unspecified atom stereocenters. The van der Waals surface area contributed by atoms with Crippen molar-refractivity contribution in [3.8, 4) is 11.5 Å². The highest BCUT2D eigenvalue weighted by molar-refractivity contribution is 7.90. The molecule has 2 rings (SSSR count). The number of halogens is 1. The number of sulfone groups is 1. The smallest absolute Gasteiger partial charge is 0.175 e. The number of benzene rings is 2. The van der Waals surface area contributed by atoms with Crippen LogP contribution in [0.15, 0.2) is 47.4 Å². The lowest BCUT2D eigenvalue weighted by molar-refractivity contribution is 0.440. The topological polar surface area (TPSA) is 69.4 Å². The second-order valence-corrected chi connectivity index (χ2v) is 6.67. The molecule has 6 heteroatoms. The molecule has 0 heterocycles. The Morgan fingerprint density at radius 1 is 1.19 bits per heavy atom. The fraction of sp³-hybridized carbons (Fsp3) is 0.200. The van der Waals surface area contributed by atoms with Crippen molar-refractivity contribution in [1.82, 2.24) is 0 Å². The molecule has 0 saturated heterocycles. The Balaban J connectivity index is 2.26. The first-order valence-corrected chi connectivity index (χ1v) is 8.26. The van der Waals surface area contributed by atoms with Gasteiger partial charge in [0.1, 0.15) is 5.75 Å². The van der Waals surface area contributed by atoms with Gasteiger partial charge in [0.05, 0.1) is 4.90 Å². The van der Waals surface area contributed by atoms with Gasteiger partial charge < -0.3 is 10.5 Å². The average molecular weight is 309 g/mol. The maximum absolute atomic E-state index is 13.9. The zero-order valence-electron chi connectivity index (χ0n) is 11.5. The monoisotopic (exact) mass is 309 g/mol. The zero-order chi connectivity index (χ0) is 15.5. The molecule has 0 amide bonds. The van der Waals surface area contributed by atoms with Crippen LogP contribution in [0.1, 0.15) is 5.56 Å². The third-order valence-corrected chi connectivity index (χ3v) is 4.00. The predicted octanol–water partition coefficient (Wildman–Crippen LogP) is 2.52. The van der Waals surface area contributed by atoms with Gasteiger partial charge in [0, 0.05) is 6.26 Å². The Labute approximate surface area is 123 Å². The minimum atomic E-state index is -3.33. The number of hydrogen-bond donors (Lipinski definition) is 1. The molecular weight excluding hydrogens is 293 g/mol.